The van der Waals surface area contributed by atoms with Gasteiger partial charge in [-0.2, -0.15) is 9.64 Å². The van der Waals surface area contributed by atoms with E-state index in [1.165, 1.54) is 11.5 Å². The van der Waals surface area contributed by atoms with Crippen LogP contribution >= 0.6 is 11.5 Å². The SMILES string of the molecule is CN(c1nc(C(C)(C)C)ns1)c1ccccc1C#N. The van der Waals surface area contributed by atoms with E-state index >= 15 is 0 Å². The summed E-state index contributed by atoms with van der Waals surface area (Å²) >= 11 is 1.35. The summed E-state index contributed by atoms with van der Waals surface area (Å²) in [5.41, 5.74) is 1.42. The average molecular weight is 272 g/mol. The molecule has 2 aromatic rings. The van der Waals surface area contributed by atoms with Crippen molar-refractivity contribution in [2.75, 3.05) is 11.9 Å². The van der Waals surface area contributed by atoms with Gasteiger partial charge in [-0.3, -0.25) is 0 Å². The molecule has 0 amide bonds. The Morgan fingerprint density at radius 3 is 2.53 bits per heavy atom. The van der Waals surface area contributed by atoms with Gasteiger partial charge in [-0.15, -0.1) is 0 Å². The Morgan fingerprint density at radius 1 is 1.26 bits per heavy atom. The number of nitriles is 1. The van der Waals surface area contributed by atoms with Crippen molar-refractivity contribution in [2.24, 2.45) is 0 Å². The third kappa shape index (κ3) is 2.74. The van der Waals surface area contributed by atoms with Crippen molar-refractivity contribution in [3.63, 3.8) is 0 Å². The van der Waals surface area contributed by atoms with E-state index in [0.717, 1.165) is 16.6 Å². The highest BCUT2D eigenvalue weighted by Gasteiger charge is 2.21. The Bertz CT molecular complexity index is 619. The van der Waals surface area contributed by atoms with Gasteiger partial charge in [0, 0.05) is 24.0 Å². The first kappa shape index (κ1) is 13.5. The van der Waals surface area contributed by atoms with Gasteiger partial charge in [0.05, 0.1) is 11.3 Å². The molecule has 0 saturated carbocycles. The third-order valence-electron chi connectivity index (χ3n) is 2.76. The number of aromatic nitrogens is 2. The lowest BCUT2D eigenvalue weighted by molar-refractivity contribution is 0.555. The van der Waals surface area contributed by atoms with Crippen LogP contribution in [0.4, 0.5) is 10.8 Å². The van der Waals surface area contributed by atoms with Gasteiger partial charge in [-0.05, 0) is 12.1 Å². The lowest BCUT2D eigenvalue weighted by Gasteiger charge is -2.17. The number of benzene rings is 1. The summed E-state index contributed by atoms with van der Waals surface area (Å²) < 4.78 is 4.40. The van der Waals surface area contributed by atoms with Crippen LogP contribution < -0.4 is 4.90 Å². The van der Waals surface area contributed by atoms with Crippen molar-refractivity contribution >= 4 is 22.4 Å². The van der Waals surface area contributed by atoms with Gasteiger partial charge in [-0.1, -0.05) is 32.9 Å². The van der Waals surface area contributed by atoms with E-state index in [9.17, 15) is 0 Å². The third-order valence-corrected chi connectivity index (χ3v) is 3.55. The molecule has 1 aromatic carbocycles. The van der Waals surface area contributed by atoms with Crippen LogP contribution in [0.5, 0.6) is 0 Å². The standard InChI is InChI=1S/C14H16N4S/c1-14(2,3)12-16-13(19-17-12)18(4)11-8-6-5-7-10(11)9-15/h5-8H,1-4H3. The number of para-hydroxylation sites is 1. The second-order valence-corrected chi connectivity index (χ2v) is 6.07. The molecule has 1 heterocycles. The van der Waals surface area contributed by atoms with Crippen molar-refractivity contribution in [3.8, 4) is 6.07 Å². The Balaban J connectivity index is 2.37. The van der Waals surface area contributed by atoms with Gasteiger partial charge in [0.15, 0.2) is 0 Å². The van der Waals surface area contributed by atoms with Gasteiger partial charge < -0.3 is 4.90 Å². The number of hydrogen-bond donors (Lipinski definition) is 0. The Morgan fingerprint density at radius 2 is 1.95 bits per heavy atom. The fourth-order valence-corrected chi connectivity index (χ4v) is 2.45. The highest BCUT2D eigenvalue weighted by atomic mass is 32.1. The fourth-order valence-electron chi connectivity index (χ4n) is 1.62. The van der Waals surface area contributed by atoms with E-state index in [-0.39, 0.29) is 5.41 Å². The summed E-state index contributed by atoms with van der Waals surface area (Å²) in [6, 6.07) is 9.69. The molecule has 0 fully saturated rings. The van der Waals surface area contributed by atoms with Gasteiger partial charge in [0.25, 0.3) is 0 Å². The molecule has 1 aromatic heterocycles. The second-order valence-electron chi connectivity index (χ2n) is 5.34. The molecule has 0 N–H and O–H groups in total. The Kier molecular flexibility index (Phi) is 3.54. The van der Waals surface area contributed by atoms with E-state index in [1.54, 1.807) is 6.07 Å². The summed E-state index contributed by atoms with van der Waals surface area (Å²) in [5, 5.41) is 9.94. The molecule has 0 aliphatic heterocycles. The molecule has 0 aliphatic rings. The summed E-state index contributed by atoms with van der Waals surface area (Å²) in [6.07, 6.45) is 0. The van der Waals surface area contributed by atoms with Crippen molar-refractivity contribution in [1.29, 1.82) is 5.26 Å². The van der Waals surface area contributed by atoms with Crippen LogP contribution in [0.15, 0.2) is 24.3 Å². The molecule has 0 atom stereocenters. The van der Waals surface area contributed by atoms with E-state index < -0.39 is 0 Å². The van der Waals surface area contributed by atoms with Crippen molar-refractivity contribution in [1.82, 2.24) is 9.36 Å². The molecule has 0 bridgehead atoms. The monoisotopic (exact) mass is 272 g/mol. The van der Waals surface area contributed by atoms with E-state index in [2.05, 4.69) is 36.2 Å². The topological polar surface area (TPSA) is 52.8 Å². The Hall–Kier alpha value is -1.93. The molecule has 2 rings (SSSR count). The van der Waals surface area contributed by atoms with Crippen molar-refractivity contribution in [3.05, 3.63) is 35.7 Å². The fraction of sp³-hybridized carbons (Fsp3) is 0.357. The summed E-state index contributed by atoms with van der Waals surface area (Å²) in [4.78, 5) is 6.47. The summed E-state index contributed by atoms with van der Waals surface area (Å²) in [7, 11) is 1.91. The van der Waals surface area contributed by atoms with Crippen LogP contribution in [0.2, 0.25) is 0 Å². The zero-order valence-corrected chi connectivity index (χ0v) is 12.3. The minimum Gasteiger partial charge on any atom is -0.318 e. The molecule has 0 unspecified atom stereocenters. The number of hydrogen-bond acceptors (Lipinski definition) is 5. The van der Waals surface area contributed by atoms with Crippen molar-refractivity contribution in [2.45, 2.75) is 26.2 Å². The first-order chi connectivity index (χ1) is 8.93. The van der Waals surface area contributed by atoms with Gasteiger partial charge >= 0.3 is 0 Å². The largest absolute Gasteiger partial charge is 0.318 e. The average Bonchev–Trinajstić information content (AvgIpc) is 2.87. The van der Waals surface area contributed by atoms with Crippen LogP contribution in [-0.2, 0) is 5.41 Å². The Labute approximate surface area is 117 Å². The molecule has 5 heteroatoms. The van der Waals surface area contributed by atoms with E-state index in [1.807, 2.05) is 30.1 Å². The molecule has 4 nitrogen and oxygen atoms in total. The summed E-state index contributed by atoms with van der Waals surface area (Å²) in [6.45, 7) is 6.26. The number of nitrogens with zero attached hydrogens (tertiary/aromatic N) is 4. The maximum absolute atomic E-state index is 9.14. The smallest absolute Gasteiger partial charge is 0.209 e. The molecule has 98 valence electrons. The molecule has 0 radical (unpaired) electrons. The second kappa shape index (κ2) is 4.98. The quantitative estimate of drug-likeness (QED) is 0.840. The zero-order valence-electron chi connectivity index (χ0n) is 11.5. The first-order valence-corrected chi connectivity index (χ1v) is 6.78. The first-order valence-electron chi connectivity index (χ1n) is 6.00. The van der Waals surface area contributed by atoms with Gasteiger partial charge in [-0.25, -0.2) is 4.98 Å². The zero-order chi connectivity index (χ0) is 14.0. The van der Waals surface area contributed by atoms with Crippen LogP contribution in [0.25, 0.3) is 0 Å². The molecule has 19 heavy (non-hydrogen) atoms. The lowest BCUT2D eigenvalue weighted by Crippen LogP contribution is -2.15. The van der Waals surface area contributed by atoms with Crippen LogP contribution in [0.3, 0.4) is 0 Å². The van der Waals surface area contributed by atoms with Crippen LogP contribution in [0, 0.1) is 11.3 Å². The normalized spacial score (nSPS) is 11.1. The number of rotatable bonds is 2. The van der Waals surface area contributed by atoms with Gasteiger partial charge in [0.2, 0.25) is 5.13 Å². The highest BCUT2D eigenvalue weighted by Crippen LogP contribution is 2.30. The molecular weight excluding hydrogens is 256 g/mol. The molecular formula is C14H16N4S. The molecule has 0 spiro atoms. The van der Waals surface area contributed by atoms with Crippen molar-refractivity contribution < 1.29 is 0 Å². The summed E-state index contributed by atoms with van der Waals surface area (Å²) in [5.74, 6) is 0.828. The molecule has 0 saturated heterocycles. The maximum Gasteiger partial charge on any atom is 0.209 e. The predicted molar refractivity (Wildman–Crippen MR) is 77.8 cm³/mol. The maximum atomic E-state index is 9.14. The highest BCUT2D eigenvalue weighted by molar-refractivity contribution is 7.09. The predicted octanol–water partition coefficient (Wildman–Crippen LogP) is 3.48. The minimum absolute atomic E-state index is 0.0651. The van der Waals surface area contributed by atoms with E-state index in [0.29, 0.717) is 5.56 Å². The molecule has 0 aliphatic carbocycles. The minimum atomic E-state index is -0.0651. The van der Waals surface area contributed by atoms with Crippen LogP contribution in [0.1, 0.15) is 32.2 Å². The number of anilines is 2. The van der Waals surface area contributed by atoms with E-state index in [4.69, 9.17) is 5.26 Å². The van der Waals surface area contributed by atoms with Gasteiger partial charge in [0.1, 0.15) is 11.9 Å². The lowest BCUT2D eigenvalue weighted by atomic mass is 9.96. The van der Waals surface area contributed by atoms with Crippen LogP contribution in [-0.4, -0.2) is 16.4 Å².